The predicted octanol–water partition coefficient (Wildman–Crippen LogP) is 4.04. The Bertz CT molecular complexity index is 617. The number of hydrogen-bond acceptors (Lipinski definition) is 3. The zero-order valence-electron chi connectivity index (χ0n) is 13.5. The van der Waals surface area contributed by atoms with E-state index in [2.05, 4.69) is 13.8 Å². The summed E-state index contributed by atoms with van der Waals surface area (Å²) in [5, 5.41) is 0.00823. The van der Waals surface area contributed by atoms with E-state index in [0.29, 0.717) is 5.25 Å². The minimum absolute atomic E-state index is 0.0649. The highest BCUT2D eigenvalue weighted by molar-refractivity contribution is 8.02. The fraction of sp³-hybridized carbons (Fsp3) is 0.611. The number of amides is 1. The second-order valence-corrected chi connectivity index (χ2v) is 8.57. The highest BCUT2D eigenvalue weighted by Crippen LogP contribution is 2.78. The maximum absolute atomic E-state index is 13.3. The largest absolute Gasteiger partial charge is 0.349 e. The van der Waals surface area contributed by atoms with Crippen molar-refractivity contribution >= 4 is 23.4 Å². The molecule has 1 aliphatic carbocycles. The molecule has 4 heteroatoms. The molecule has 1 aromatic carbocycles. The van der Waals surface area contributed by atoms with Crippen LogP contribution in [0.15, 0.2) is 30.3 Å². The Balaban J connectivity index is 1.90. The van der Waals surface area contributed by atoms with Crippen molar-refractivity contribution in [2.75, 3.05) is 12.0 Å². The Labute approximate surface area is 136 Å². The molecule has 0 radical (unpaired) electrons. The number of benzene rings is 1. The fourth-order valence-corrected chi connectivity index (χ4v) is 7.41. The SMILES string of the molecule is CO[C@]12S[C@@H]3CCCC[C@@]31C(C)(C)C(=O)N2c1ccccc1. The average Bonchev–Trinajstić information content (AvgIpc) is 2.61. The summed E-state index contributed by atoms with van der Waals surface area (Å²) in [7, 11) is 1.77. The molecule has 0 unspecified atom stereocenters. The Morgan fingerprint density at radius 1 is 1.23 bits per heavy atom. The van der Waals surface area contributed by atoms with Crippen LogP contribution in [-0.2, 0) is 9.53 Å². The van der Waals surface area contributed by atoms with Crippen LogP contribution in [-0.4, -0.2) is 23.3 Å². The van der Waals surface area contributed by atoms with Crippen molar-refractivity contribution in [3.63, 3.8) is 0 Å². The van der Waals surface area contributed by atoms with Gasteiger partial charge in [-0.05, 0) is 25.0 Å². The summed E-state index contributed by atoms with van der Waals surface area (Å²) in [5.74, 6) is 0.206. The molecular formula is C18H23NO2S. The number of anilines is 1. The summed E-state index contributed by atoms with van der Waals surface area (Å²) >= 11 is 1.86. The predicted molar refractivity (Wildman–Crippen MR) is 89.7 cm³/mol. The minimum atomic E-state index is -0.528. The third-order valence-corrected chi connectivity index (χ3v) is 8.10. The molecule has 3 fully saturated rings. The van der Waals surface area contributed by atoms with Gasteiger partial charge in [0.2, 0.25) is 11.0 Å². The molecule has 3 nitrogen and oxygen atoms in total. The molecule has 1 amide bonds. The van der Waals surface area contributed by atoms with E-state index in [4.69, 9.17) is 4.74 Å². The molecule has 1 aromatic rings. The van der Waals surface area contributed by atoms with Gasteiger partial charge in [0.05, 0.1) is 10.8 Å². The van der Waals surface area contributed by atoms with Crippen LogP contribution in [0.2, 0.25) is 0 Å². The number of thioether (sulfide) groups is 1. The highest BCUT2D eigenvalue weighted by atomic mass is 32.2. The lowest BCUT2D eigenvalue weighted by atomic mass is 9.58. The van der Waals surface area contributed by atoms with Gasteiger partial charge >= 0.3 is 0 Å². The lowest BCUT2D eigenvalue weighted by Gasteiger charge is -2.65. The van der Waals surface area contributed by atoms with Crippen molar-refractivity contribution in [2.45, 2.75) is 49.8 Å². The van der Waals surface area contributed by atoms with E-state index in [1.54, 1.807) is 7.11 Å². The van der Waals surface area contributed by atoms with Crippen LogP contribution < -0.4 is 4.90 Å². The Hall–Kier alpha value is -1.00. The van der Waals surface area contributed by atoms with E-state index in [0.717, 1.165) is 12.1 Å². The van der Waals surface area contributed by atoms with Crippen LogP contribution in [0.5, 0.6) is 0 Å². The molecule has 0 aromatic heterocycles. The van der Waals surface area contributed by atoms with Crippen molar-refractivity contribution in [2.24, 2.45) is 10.8 Å². The van der Waals surface area contributed by atoms with Crippen molar-refractivity contribution in [3.05, 3.63) is 30.3 Å². The number of methoxy groups -OCH3 is 1. The molecule has 2 saturated heterocycles. The minimum Gasteiger partial charge on any atom is -0.349 e. The summed E-state index contributed by atoms with van der Waals surface area (Å²) in [6.07, 6.45) is 4.76. The van der Waals surface area contributed by atoms with Crippen molar-refractivity contribution < 1.29 is 9.53 Å². The van der Waals surface area contributed by atoms with Gasteiger partial charge in [-0.15, -0.1) is 0 Å². The first-order valence-corrected chi connectivity index (χ1v) is 9.02. The van der Waals surface area contributed by atoms with Crippen molar-refractivity contribution in [1.29, 1.82) is 0 Å². The average molecular weight is 317 g/mol. The quantitative estimate of drug-likeness (QED) is 0.824. The van der Waals surface area contributed by atoms with E-state index in [9.17, 15) is 4.79 Å². The first-order chi connectivity index (χ1) is 10.5. The van der Waals surface area contributed by atoms with Crippen LogP contribution in [0.25, 0.3) is 0 Å². The summed E-state index contributed by atoms with van der Waals surface area (Å²) in [6, 6.07) is 10.0. The van der Waals surface area contributed by atoms with E-state index in [-0.39, 0.29) is 16.7 Å². The Kier molecular flexibility index (Phi) is 2.99. The molecule has 1 spiro atoms. The standard InChI is InChI=1S/C18H23NO2S/c1-16(2)15(20)19(13-9-5-4-6-10-13)18(21-3)17(16)12-8-7-11-14(17)22-18/h4-6,9-10,14H,7-8,11-12H2,1-3H3/t14-,17+,18+/m1/s1. The number of carbonyl (C=O) groups is 1. The van der Waals surface area contributed by atoms with E-state index < -0.39 is 5.06 Å². The van der Waals surface area contributed by atoms with Gasteiger partial charge in [0.1, 0.15) is 0 Å². The normalized spacial score (nSPS) is 39.1. The second kappa shape index (κ2) is 4.51. The van der Waals surface area contributed by atoms with Gasteiger partial charge in [0.25, 0.3) is 0 Å². The molecule has 1 saturated carbocycles. The van der Waals surface area contributed by atoms with Crippen molar-refractivity contribution in [3.8, 4) is 0 Å². The van der Waals surface area contributed by atoms with Gasteiger partial charge < -0.3 is 4.74 Å². The molecule has 0 N–H and O–H groups in total. The maximum atomic E-state index is 13.3. The molecule has 2 heterocycles. The topological polar surface area (TPSA) is 29.5 Å². The molecule has 22 heavy (non-hydrogen) atoms. The van der Waals surface area contributed by atoms with E-state index in [1.807, 2.05) is 47.0 Å². The van der Waals surface area contributed by atoms with E-state index in [1.165, 1.54) is 19.3 Å². The lowest BCUT2D eigenvalue weighted by Crippen LogP contribution is -2.69. The Morgan fingerprint density at radius 2 is 1.95 bits per heavy atom. The van der Waals surface area contributed by atoms with E-state index >= 15 is 0 Å². The van der Waals surface area contributed by atoms with Gasteiger partial charge in [-0.25, -0.2) is 0 Å². The number of carbonyl (C=O) groups excluding carboxylic acids is 1. The van der Waals surface area contributed by atoms with Gasteiger partial charge in [-0.3, -0.25) is 9.69 Å². The Morgan fingerprint density at radius 3 is 2.59 bits per heavy atom. The van der Waals surface area contributed by atoms with Crippen LogP contribution in [0, 0.1) is 10.8 Å². The number of para-hydroxylation sites is 1. The molecule has 0 bridgehead atoms. The number of rotatable bonds is 2. The van der Waals surface area contributed by atoms with Crippen molar-refractivity contribution in [1.82, 2.24) is 0 Å². The first kappa shape index (κ1) is 14.6. The third-order valence-electron chi connectivity index (χ3n) is 6.14. The molecule has 4 rings (SSSR count). The van der Waals surface area contributed by atoms with Gasteiger partial charge in [0, 0.05) is 18.0 Å². The third kappa shape index (κ3) is 1.37. The summed E-state index contributed by atoms with van der Waals surface area (Å²) in [5.41, 5.74) is 0.510. The second-order valence-electron chi connectivity index (χ2n) is 7.21. The van der Waals surface area contributed by atoms with Gasteiger partial charge in [-0.2, -0.15) is 0 Å². The zero-order valence-corrected chi connectivity index (χ0v) is 14.3. The number of ether oxygens (including phenoxy) is 1. The molecule has 3 aliphatic rings. The smallest absolute Gasteiger partial charge is 0.236 e. The van der Waals surface area contributed by atoms with Crippen LogP contribution >= 0.6 is 11.8 Å². The van der Waals surface area contributed by atoms with Crippen LogP contribution in [0.4, 0.5) is 5.69 Å². The highest BCUT2D eigenvalue weighted by Gasteiger charge is 2.82. The van der Waals surface area contributed by atoms with Gasteiger partial charge in [-0.1, -0.05) is 56.7 Å². The molecule has 118 valence electrons. The summed E-state index contributed by atoms with van der Waals surface area (Å²) < 4.78 is 6.10. The first-order valence-electron chi connectivity index (χ1n) is 8.14. The summed E-state index contributed by atoms with van der Waals surface area (Å²) in [4.78, 5) is 15.3. The molecular weight excluding hydrogens is 294 g/mol. The zero-order chi connectivity index (χ0) is 15.6. The van der Waals surface area contributed by atoms with Gasteiger partial charge in [0.15, 0.2) is 0 Å². The number of hydrogen-bond donors (Lipinski definition) is 0. The number of nitrogens with zero attached hydrogens (tertiary/aromatic N) is 1. The lowest BCUT2D eigenvalue weighted by molar-refractivity contribution is -0.132. The summed E-state index contributed by atoms with van der Waals surface area (Å²) in [6.45, 7) is 4.26. The maximum Gasteiger partial charge on any atom is 0.236 e. The van der Waals surface area contributed by atoms with Crippen LogP contribution in [0.1, 0.15) is 39.5 Å². The molecule has 3 atom stereocenters. The fourth-order valence-electron chi connectivity index (χ4n) is 5.05. The monoisotopic (exact) mass is 317 g/mol. The van der Waals surface area contributed by atoms with Crippen LogP contribution in [0.3, 0.4) is 0 Å². The molecule has 2 aliphatic heterocycles.